The van der Waals surface area contributed by atoms with E-state index in [9.17, 15) is 4.79 Å². The van der Waals surface area contributed by atoms with Crippen LogP contribution in [0.4, 0.5) is 0 Å². The highest BCUT2D eigenvalue weighted by Gasteiger charge is 2.45. The summed E-state index contributed by atoms with van der Waals surface area (Å²) in [5.74, 6) is 1.69. The summed E-state index contributed by atoms with van der Waals surface area (Å²) in [4.78, 5) is 22.6. The molecule has 1 aromatic rings. The number of likely N-dealkylation sites (N-methyl/N-ethyl adjacent to an activating group) is 1. The molecule has 1 saturated heterocycles. The molecule has 2 fully saturated rings. The number of hydrogen-bond donors (Lipinski definition) is 0. The van der Waals surface area contributed by atoms with Crippen molar-refractivity contribution in [2.45, 2.75) is 39.2 Å². The minimum absolute atomic E-state index is 0.201. The molecule has 1 amide bonds. The van der Waals surface area contributed by atoms with Gasteiger partial charge in [-0.05, 0) is 52.1 Å². The zero-order valence-electron chi connectivity index (χ0n) is 13.4. The van der Waals surface area contributed by atoms with Crippen molar-refractivity contribution in [3.8, 4) is 0 Å². The summed E-state index contributed by atoms with van der Waals surface area (Å²) in [6, 6.07) is 0.514. The summed E-state index contributed by atoms with van der Waals surface area (Å²) >= 11 is 1.55. The van der Waals surface area contributed by atoms with Gasteiger partial charge in [0.1, 0.15) is 4.88 Å². The van der Waals surface area contributed by atoms with Gasteiger partial charge in [-0.3, -0.25) is 4.79 Å². The number of aromatic nitrogens is 1. The fourth-order valence-corrected chi connectivity index (χ4v) is 4.51. The van der Waals surface area contributed by atoms with Crippen molar-refractivity contribution in [2.75, 3.05) is 27.2 Å². The van der Waals surface area contributed by atoms with Crippen LogP contribution in [0.3, 0.4) is 0 Å². The monoisotopic (exact) mass is 307 g/mol. The van der Waals surface area contributed by atoms with E-state index < -0.39 is 0 Å². The van der Waals surface area contributed by atoms with Gasteiger partial charge >= 0.3 is 0 Å². The molecule has 0 radical (unpaired) electrons. The Morgan fingerprint density at radius 1 is 1.38 bits per heavy atom. The second-order valence-corrected chi connectivity index (χ2v) is 7.81. The number of carbonyl (C=O) groups is 1. The van der Waals surface area contributed by atoms with E-state index in [0.29, 0.717) is 12.0 Å². The second kappa shape index (κ2) is 5.69. The molecule has 5 heteroatoms. The molecule has 0 N–H and O–H groups in total. The van der Waals surface area contributed by atoms with Crippen molar-refractivity contribution in [2.24, 2.45) is 11.8 Å². The highest BCUT2D eigenvalue weighted by Crippen LogP contribution is 2.43. The average Bonchev–Trinajstić information content (AvgIpc) is 3.07. The summed E-state index contributed by atoms with van der Waals surface area (Å²) < 4.78 is 0. The smallest absolute Gasteiger partial charge is 0.265 e. The standard InChI is InChI=1S/C16H25N3OS/c1-5-13-15(21-10(2)17-13)16(20)19-8-12(11-6-7-11)14(9-19)18(3)4/h11-12,14H,5-9H2,1-4H3/t12-,14+/m1/s1. The van der Waals surface area contributed by atoms with Gasteiger partial charge in [-0.2, -0.15) is 0 Å². The zero-order valence-corrected chi connectivity index (χ0v) is 14.2. The summed E-state index contributed by atoms with van der Waals surface area (Å²) in [6.45, 7) is 5.85. The van der Waals surface area contributed by atoms with Crippen molar-refractivity contribution >= 4 is 17.2 Å². The number of likely N-dealkylation sites (tertiary alicyclic amines) is 1. The van der Waals surface area contributed by atoms with E-state index in [0.717, 1.165) is 41.0 Å². The molecular formula is C16H25N3OS. The van der Waals surface area contributed by atoms with Gasteiger partial charge in [0.25, 0.3) is 5.91 Å². The number of carbonyl (C=O) groups excluding carboxylic acids is 1. The fraction of sp³-hybridized carbons (Fsp3) is 0.750. The van der Waals surface area contributed by atoms with Gasteiger partial charge in [0.15, 0.2) is 0 Å². The Hall–Kier alpha value is -0.940. The first-order valence-electron chi connectivity index (χ1n) is 7.93. The third-order valence-electron chi connectivity index (χ3n) is 4.84. The topological polar surface area (TPSA) is 36.4 Å². The Labute approximate surface area is 131 Å². The second-order valence-electron chi connectivity index (χ2n) is 6.60. The quantitative estimate of drug-likeness (QED) is 0.857. The molecule has 1 saturated carbocycles. The van der Waals surface area contributed by atoms with Crippen LogP contribution in [0.1, 0.15) is 40.1 Å². The molecule has 1 aromatic heterocycles. The predicted molar refractivity (Wildman–Crippen MR) is 85.8 cm³/mol. The van der Waals surface area contributed by atoms with Crippen LogP contribution in [0.5, 0.6) is 0 Å². The molecule has 0 aromatic carbocycles. The van der Waals surface area contributed by atoms with Crippen molar-refractivity contribution in [3.05, 3.63) is 15.6 Å². The molecule has 1 aliphatic heterocycles. The normalized spacial score (nSPS) is 25.9. The molecule has 0 unspecified atom stereocenters. The number of amides is 1. The minimum Gasteiger partial charge on any atom is -0.336 e. The van der Waals surface area contributed by atoms with Gasteiger partial charge in [0.2, 0.25) is 0 Å². The summed E-state index contributed by atoms with van der Waals surface area (Å²) in [6.07, 6.45) is 3.52. The number of nitrogens with zero attached hydrogens (tertiary/aromatic N) is 3. The van der Waals surface area contributed by atoms with Crippen molar-refractivity contribution in [1.29, 1.82) is 0 Å². The molecule has 2 atom stereocenters. The Morgan fingerprint density at radius 2 is 2.10 bits per heavy atom. The predicted octanol–water partition coefficient (Wildman–Crippen LogP) is 2.43. The Kier molecular flexibility index (Phi) is 4.06. The molecular weight excluding hydrogens is 282 g/mol. The van der Waals surface area contributed by atoms with Gasteiger partial charge in [0, 0.05) is 19.1 Å². The van der Waals surface area contributed by atoms with Crippen LogP contribution in [0, 0.1) is 18.8 Å². The van der Waals surface area contributed by atoms with Crippen molar-refractivity contribution in [3.63, 3.8) is 0 Å². The number of aryl methyl sites for hydroxylation is 2. The Balaban J connectivity index is 1.79. The maximum absolute atomic E-state index is 12.9. The number of thiazole rings is 1. The lowest BCUT2D eigenvalue weighted by molar-refractivity contribution is 0.0784. The third-order valence-corrected chi connectivity index (χ3v) is 5.85. The van der Waals surface area contributed by atoms with E-state index in [1.54, 1.807) is 11.3 Å². The minimum atomic E-state index is 0.201. The first kappa shape index (κ1) is 15.0. The lowest BCUT2D eigenvalue weighted by Gasteiger charge is -2.24. The lowest BCUT2D eigenvalue weighted by atomic mass is 9.97. The first-order valence-corrected chi connectivity index (χ1v) is 8.75. The van der Waals surface area contributed by atoms with E-state index >= 15 is 0 Å². The molecule has 116 valence electrons. The van der Waals surface area contributed by atoms with Gasteiger partial charge in [-0.1, -0.05) is 6.92 Å². The summed E-state index contributed by atoms with van der Waals surface area (Å²) in [5, 5.41) is 0.997. The molecule has 2 heterocycles. The molecule has 1 aliphatic carbocycles. The van der Waals surface area contributed by atoms with Crippen molar-refractivity contribution in [1.82, 2.24) is 14.8 Å². The molecule has 0 bridgehead atoms. The van der Waals surface area contributed by atoms with Crippen molar-refractivity contribution < 1.29 is 4.79 Å². The largest absolute Gasteiger partial charge is 0.336 e. The molecule has 0 spiro atoms. The highest BCUT2D eigenvalue weighted by atomic mass is 32.1. The van der Waals surface area contributed by atoms with Crippen LogP contribution in [0.2, 0.25) is 0 Å². The van der Waals surface area contributed by atoms with Gasteiger partial charge in [-0.25, -0.2) is 4.98 Å². The van der Waals surface area contributed by atoms with Crippen LogP contribution >= 0.6 is 11.3 Å². The molecule has 2 aliphatic rings. The van der Waals surface area contributed by atoms with Crippen LogP contribution in [0.25, 0.3) is 0 Å². The number of rotatable bonds is 4. The first-order chi connectivity index (χ1) is 10.0. The van der Waals surface area contributed by atoms with E-state index in [2.05, 4.69) is 35.8 Å². The van der Waals surface area contributed by atoms with Crippen LogP contribution in [-0.2, 0) is 6.42 Å². The van der Waals surface area contributed by atoms with E-state index in [-0.39, 0.29) is 5.91 Å². The SMILES string of the molecule is CCc1nc(C)sc1C(=O)N1C[C@H](C2CC2)[C@@H](N(C)C)C1. The lowest BCUT2D eigenvalue weighted by Crippen LogP contribution is -2.36. The molecule has 21 heavy (non-hydrogen) atoms. The van der Waals surface area contributed by atoms with Crippen LogP contribution in [-0.4, -0.2) is 53.9 Å². The fourth-order valence-electron chi connectivity index (χ4n) is 3.53. The van der Waals surface area contributed by atoms with Crippen LogP contribution < -0.4 is 0 Å². The summed E-state index contributed by atoms with van der Waals surface area (Å²) in [7, 11) is 4.28. The third kappa shape index (κ3) is 2.86. The summed E-state index contributed by atoms with van der Waals surface area (Å²) in [5.41, 5.74) is 0.971. The van der Waals surface area contributed by atoms with Gasteiger partial charge in [0.05, 0.1) is 10.7 Å². The van der Waals surface area contributed by atoms with E-state index in [1.165, 1.54) is 12.8 Å². The average molecular weight is 307 g/mol. The zero-order chi connectivity index (χ0) is 15.1. The van der Waals surface area contributed by atoms with Gasteiger partial charge < -0.3 is 9.80 Å². The van der Waals surface area contributed by atoms with E-state index in [1.807, 2.05) is 6.92 Å². The molecule has 3 rings (SSSR count). The Bertz CT molecular complexity index is 526. The van der Waals surface area contributed by atoms with Crippen LogP contribution in [0.15, 0.2) is 0 Å². The molecule has 4 nitrogen and oxygen atoms in total. The van der Waals surface area contributed by atoms with Gasteiger partial charge in [-0.15, -0.1) is 11.3 Å². The van der Waals surface area contributed by atoms with E-state index in [4.69, 9.17) is 0 Å². The number of hydrogen-bond acceptors (Lipinski definition) is 4. The maximum atomic E-state index is 12.9. The highest BCUT2D eigenvalue weighted by molar-refractivity contribution is 7.13. The maximum Gasteiger partial charge on any atom is 0.265 e. The Morgan fingerprint density at radius 3 is 2.67 bits per heavy atom.